The number of aliphatic hydroxyl groups excluding tert-OH is 1. The smallest absolute Gasteiger partial charge is 0.229 e. The number of hydrogen-bond acceptors (Lipinski definition) is 4. The van der Waals surface area contributed by atoms with Crippen molar-refractivity contribution >= 4 is 0 Å². The quantitative estimate of drug-likeness (QED) is 0.788. The van der Waals surface area contributed by atoms with Crippen molar-refractivity contribution in [1.82, 2.24) is 0 Å². The highest BCUT2D eigenvalue weighted by Crippen LogP contribution is 2.23. The molecular formula is C12H15NO3. The van der Waals surface area contributed by atoms with E-state index in [9.17, 15) is 5.11 Å². The molecule has 2 rings (SSSR count). The minimum absolute atomic E-state index is 0.170. The fourth-order valence-electron chi connectivity index (χ4n) is 1.68. The van der Waals surface area contributed by atoms with Crippen molar-refractivity contribution in [2.45, 2.75) is 12.0 Å². The Hall–Kier alpha value is -1.52. The first-order chi connectivity index (χ1) is 7.74. The number of nitrogens with two attached hydrogens (primary N) is 1. The van der Waals surface area contributed by atoms with E-state index in [1.165, 1.54) is 6.26 Å². The van der Waals surface area contributed by atoms with Gasteiger partial charge in [-0.05, 0) is 12.0 Å². The summed E-state index contributed by atoms with van der Waals surface area (Å²) in [6, 6.07) is 9.75. The van der Waals surface area contributed by atoms with Crippen molar-refractivity contribution in [1.29, 1.82) is 0 Å². The van der Waals surface area contributed by atoms with E-state index in [-0.39, 0.29) is 13.4 Å². The molecule has 0 aromatic heterocycles. The van der Waals surface area contributed by atoms with Gasteiger partial charge < -0.3 is 20.3 Å². The van der Waals surface area contributed by atoms with Crippen molar-refractivity contribution in [2.24, 2.45) is 5.73 Å². The van der Waals surface area contributed by atoms with Gasteiger partial charge in [0.05, 0.1) is 6.61 Å². The van der Waals surface area contributed by atoms with Crippen LogP contribution in [0.2, 0.25) is 0 Å². The largest absolute Gasteiger partial charge is 0.462 e. The lowest BCUT2D eigenvalue weighted by atomic mass is 9.91. The molecule has 0 saturated carbocycles. The number of hydrogen-bond donors (Lipinski definition) is 2. The average Bonchev–Trinajstić information content (AvgIpc) is 2.84. The van der Waals surface area contributed by atoms with Crippen LogP contribution < -0.4 is 5.73 Å². The maximum atomic E-state index is 9.41. The minimum Gasteiger partial charge on any atom is -0.462 e. The van der Waals surface area contributed by atoms with E-state index in [0.717, 1.165) is 5.56 Å². The van der Waals surface area contributed by atoms with Gasteiger partial charge in [0.2, 0.25) is 6.79 Å². The van der Waals surface area contributed by atoms with Crippen molar-refractivity contribution in [3.63, 3.8) is 0 Å². The molecule has 1 heterocycles. The fourth-order valence-corrected chi connectivity index (χ4v) is 1.68. The molecule has 1 aliphatic heterocycles. The van der Waals surface area contributed by atoms with Crippen LogP contribution >= 0.6 is 0 Å². The van der Waals surface area contributed by atoms with E-state index in [4.69, 9.17) is 15.2 Å². The van der Waals surface area contributed by atoms with Crippen LogP contribution in [0, 0.1) is 0 Å². The summed E-state index contributed by atoms with van der Waals surface area (Å²) in [5.41, 5.74) is 6.26. The van der Waals surface area contributed by atoms with Gasteiger partial charge in [0.1, 0.15) is 11.8 Å². The SMILES string of the molecule is NC(CO)(Cc1ccccc1)C1=COCO1. The molecule has 0 amide bonds. The average molecular weight is 221 g/mol. The van der Waals surface area contributed by atoms with E-state index in [0.29, 0.717) is 12.2 Å². The maximum Gasteiger partial charge on any atom is 0.229 e. The zero-order valence-corrected chi connectivity index (χ0v) is 8.93. The molecular weight excluding hydrogens is 206 g/mol. The molecule has 1 aliphatic rings. The van der Waals surface area contributed by atoms with Crippen LogP contribution in [-0.2, 0) is 15.9 Å². The molecule has 86 valence electrons. The molecule has 0 radical (unpaired) electrons. The number of aliphatic hydroxyl groups is 1. The molecule has 0 bridgehead atoms. The summed E-state index contributed by atoms with van der Waals surface area (Å²) < 4.78 is 10.2. The highest BCUT2D eigenvalue weighted by Gasteiger charge is 2.33. The third kappa shape index (κ3) is 2.18. The lowest BCUT2D eigenvalue weighted by molar-refractivity contribution is 0.0576. The summed E-state index contributed by atoms with van der Waals surface area (Å²) in [4.78, 5) is 0. The Bertz CT molecular complexity index is 377. The van der Waals surface area contributed by atoms with Gasteiger partial charge in [0, 0.05) is 0 Å². The van der Waals surface area contributed by atoms with Gasteiger partial charge in [0.25, 0.3) is 0 Å². The second-order valence-corrected chi connectivity index (χ2v) is 3.89. The first-order valence-electron chi connectivity index (χ1n) is 5.13. The maximum absolute atomic E-state index is 9.41. The van der Waals surface area contributed by atoms with Crippen molar-refractivity contribution in [3.8, 4) is 0 Å². The summed E-state index contributed by atoms with van der Waals surface area (Å²) in [7, 11) is 0. The Kier molecular flexibility index (Phi) is 3.12. The number of benzene rings is 1. The third-order valence-corrected chi connectivity index (χ3v) is 2.61. The van der Waals surface area contributed by atoms with Crippen LogP contribution in [-0.4, -0.2) is 24.0 Å². The van der Waals surface area contributed by atoms with Gasteiger partial charge in [-0.1, -0.05) is 30.3 Å². The van der Waals surface area contributed by atoms with Gasteiger partial charge in [-0.25, -0.2) is 0 Å². The Morgan fingerprint density at radius 1 is 1.31 bits per heavy atom. The van der Waals surface area contributed by atoms with Crippen molar-refractivity contribution < 1.29 is 14.6 Å². The number of ether oxygens (including phenoxy) is 2. The number of rotatable bonds is 4. The topological polar surface area (TPSA) is 64.7 Å². The zero-order chi connectivity index (χ0) is 11.4. The highest BCUT2D eigenvalue weighted by molar-refractivity contribution is 5.23. The molecule has 0 saturated heterocycles. The summed E-state index contributed by atoms with van der Waals surface area (Å²) >= 11 is 0. The summed E-state index contributed by atoms with van der Waals surface area (Å²) in [6.45, 7) is -0.0137. The Morgan fingerprint density at radius 3 is 2.62 bits per heavy atom. The first kappa shape index (κ1) is 11.0. The molecule has 3 N–H and O–H groups in total. The van der Waals surface area contributed by atoms with Crippen LogP contribution in [0.4, 0.5) is 0 Å². The Labute approximate surface area is 94.3 Å². The first-order valence-corrected chi connectivity index (χ1v) is 5.13. The summed E-state index contributed by atoms with van der Waals surface area (Å²) in [6.07, 6.45) is 1.98. The van der Waals surface area contributed by atoms with E-state index in [1.54, 1.807) is 0 Å². The molecule has 4 nitrogen and oxygen atoms in total. The van der Waals surface area contributed by atoms with Crippen molar-refractivity contribution in [3.05, 3.63) is 47.9 Å². The molecule has 0 fully saturated rings. The van der Waals surface area contributed by atoms with Gasteiger partial charge in [-0.3, -0.25) is 0 Å². The normalized spacial score (nSPS) is 18.2. The highest BCUT2D eigenvalue weighted by atomic mass is 16.7. The Balaban J connectivity index is 2.16. The van der Waals surface area contributed by atoms with Gasteiger partial charge in [0.15, 0.2) is 5.76 Å². The molecule has 1 aromatic rings. The molecule has 1 unspecified atom stereocenters. The molecule has 0 aliphatic carbocycles. The van der Waals surface area contributed by atoms with Gasteiger partial charge >= 0.3 is 0 Å². The minimum atomic E-state index is -0.905. The van der Waals surface area contributed by atoms with Gasteiger partial charge in [-0.2, -0.15) is 0 Å². The summed E-state index contributed by atoms with van der Waals surface area (Å²) in [5, 5.41) is 9.41. The molecule has 4 heteroatoms. The standard InChI is InChI=1S/C12H15NO3/c13-12(8-14,11-7-15-9-16-11)6-10-4-2-1-3-5-10/h1-5,7,14H,6,8-9,13H2. The second kappa shape index (κ2) is 4.55. The van der Waals surface area contributed by atoms with Gasteiger partial charge in [-0.15, -0.1) is 0 Å². The predicted octanol–water partition coefficient (Wildman–Crippen LogP) is 0.765. The second-order valence-electron chi connectivity index (χ2n) is 3.89. The molecule has 1 atom stereocenters. The van der Waals surface area contributed by atoms with E-state index < -0.39 is 5.54 Å². The lowest BCUT2D eigenvalue weighted by Crippen LogP contribution is -2.48. The van der Waals surface area contributed by atoms with Crippen LogP contribution in [0.25, 0.3) is 0 Å². The summed E-state index contributed by atoms with van der Waals surface area (Å²) in [5.74, 6) is 0.499. The lowest BCUT2D eigenvalue weighted by Gasteiger charge is -2.26. The van der Waals surface area contributed by atoms with Crippen LogP contribution in [0.5, 0.6) is 0 Å². The van der Waals surface area contributed by atoms with Crippen LogP contribution in [0.15, 0.2) is 42.4 Å². The van der Waals surface area contributed by atoms with E-state index >= 15 is 0 Å². The van der Waals surface area contributed by atoms with Crippen LogP contribution in [0.3, 0.4) is 0 Å². The van der Waals surface area contributed by atoms with E-state index in [2.05, 4.69) is 0 Å². The third-order valence-electron chi connectivity index (χ3n) is 2.61. The predicted molar refractivity (Wildman–Crippen MR) is 59.3 cm³/mol. The molecule has 16 heavy (non-hydrogen) atoms. The molecule has 0 spiro atoms. The fraction of sp³-hybridized carbons (Fsp3) is 0.333. The molecule has 1 aromatic carbocycles. The van der Waals surface area contributed by atoms with Crippen molar-refractivity contribution in [2.75, 3.05) is 13.4 Å². The Morgan fingerprint density at radius 2 is 2.06 bits per heavy atom. The van der Waals surface area contributed by atoms with Crippen LogP contribution in [0.1, 0.15) is 5.56 Å². The van der Waals surface area contributed by atoms with E-state index in [1.807, 2.05) is 30.3 Å². The monoisotopic (exact) mass is 221 g/mol. The zero-order valence-electron chi connectivity index (χ0n) is 8.93.